The molecule has 0 bridgehead atoms. The number of ether oxygens (including phenoxy) is 1. The van der Waals surface area contributed by atoms with Gasteiger partial charge in [-0.25, -0.2) is 9.59 Å². The maximum atomic E-state index is 11.0. The van der Waals surface area contributed by atoms with Crippen LogP contribution in [0.25, 0.3) is 0 Å². The number of carboxylic acids is 2. The Kier molecular flexibility index (Phi) is 3.06. The summed E-state index contributed by atoms with van der Waals surface area (Å²) in [5, 5.41) is 17.9. The third kappa shape index (κ3) is 1.69. The van der Waals surface area contributed by atoms with Crippen LogP contribution in [-0.4, -0.2) is 29.3 Å². The fraction of sp³-hybridized carbons (Fsp3) is 0.200. The van der Waals surface area contributed by atoms with Crippen molar-refractivity contribution in [1.29, 1.82) is 0 Å². The zero-order chi connectivity index (χ0) is 11.5. The van der Waals surface area contributed by atoms with E-state index in [1.807, 2.05) is 0 Å². The highest BCUT2D eigenvalue weighted by atomic mass is 16.5. The molecule has 0 aromatic heterocycles. The minimum atomic E-state index is -2.33. The molecule has 5 nitrogen and oxygen atoms in total. The molecule has 15 heavy (non-hydrogen) atoms. The van der Waals surface area contributed by atoms with E-state index in [-0.39, 0.29) is 5.56 Å². The van der Waals surface area contributed by atoms with Crippen LogP contribution in [-0.2, 0) is 19.9 Å². The quantitative estimate of drug-likeness (QED) is 0.714. The number of carboxylic acid groups (broad SMARTS) is 2. The van der Waals surface area contributed by atoms with Gasteiger partial charge in [-0.3, -0.25) is 0 Å². The molecular formula is C10H10O5. The molecular weight excluding hydrogens is 200 g/mol. The lowest BCUT2D eigenvalue weighted by Gasteiger charge is -2.23. The van der Waals surface area contributed by atoms with Crippen molar-refractivity contribution >= 4 is 11.9 Å². The molecule has 5 heteroatoms. The summed E-state index contributed by atoms with van der Waals surface area (Å²) >= 11 is 0. The van der Waals surface area contributed by atoms with Crippen LogP contribution < -0.4 is 0 Å². The molecule has 0 radical (unpaired) electrons. The number of rotatable bonds is 4. The SMILES string of the molecule is COC(C(=O)O)(C(=O)O)c1ccccc1. The molecule has 80 valence electrons. The number of aliphatic carboxylic acids is 2. The van der Waals surface area contributed by atoms with Gasteiger partial charge in [-0.05, 0) is 0 Å². The highest BCUT2D eigenvalue weighted by Crippen LogP contribution is 2.25. The van der Waals surface area contributed by atoms with Gasteiger partial charge in [0, 0.05) is 12.7 Å². The van der Waals surface area contributed by atoms with E-state index in [9.17, 15) is 9.59 Å². The molecule has 0 aliphatic carbocycles. The number of hydrogen-bond donors (Lipinski definition) is 2. The largest absolute Gasteiger partial charge is 0.478 e. The Bertz CT molecular complexity index is 357. The summed E-state index contributed by atoms with van der Waals surface area (Å²) in [5.41, 5.74) is -2.26. The lowest BCUT2D eigenvalue weighted by atomic mass is 9.94. The average Bonchev–Trinajstić information content (AvgIpc) is 2.20. The van der Waals surface area contributed by atoms with Gasteiger partial charge in [0.05, 0.1) is 0 Å². The molecule has 1 aromatic carbocycles. The molecule has 2 N–H and O–H groups in total. The molecule has 1 aromatic rings. The number of hydrogen-bond acceptors (Lipinski definition) is 3. The molecule has 0 fully saturated rings. The Morgan fingerprint density at radius 2 is 1.60 bits per heavy atom. The van der Waals surface area contributed by atoms with Gasteiger partial charge < -0.3 is 14.9 Å². The van der Waals surface area contributed by atoms with Gasteiger partial charge in [-0.2, -0.15) is 0 Å². The van der Waals surface area contributed by atoms with E-state index in [0.29, 0.717) is 0 Å². The Balaban J connectivity index is 3.35. The molecule has 0 amide bonds. The van der Waals surface area contributed by atoms with E-state index < -0.39 is 17.5 Å². The minimum absolute atomic E-state index is 0.0764. The molecule has 1 rings (SSSR count). The van der Waals surface area contributed by atoms with E-state index in [4.69, 9.17) is 10.2 Å². The summed E-state index contributed by atoms with van der Waals surface area (Å²) in [6.45, 7) is 0. The zero-order valence-corrected chi connectivity index (χ0v) is 8.01. The van der Waals surface area contributed by atoms with Gasteiger partial charge in [0.1, 0.15) is 0 Å². The monoisotopic (exact) mass is 210 g/mol. The third-order valence-electron chi connectivity index (χ3n) is 2.09. The van der Waals surface area contributed by atoms with Crippen LogP contribution in [0.5, 0.6) is 0 Å². The van der Waals surface area contributed by atoms with Crippen molar-refractivity contribution in [2.45, 2.75) is 5.60 Å². The Morgan fingerprint density at radius 1 is 1.13 bits per heavy atom. The highest BCUT2D eigenvalue weighted by Gasteiger charge is 2.49. The summed E-state index contributed by atoms with van der Waals surface area (Å²) in [4.78, 5) is 22.0. The van der Waals surface area contributed by atoms with E-state index >= 15 is 0 Å². The Labute approximate surface area is 85.9 Å². The maximum absolute atomic E-state index is 11.0. The van der Waals surface area contributed by atoms with Crippen LogP contribution in [0.1, 0.15) is 5.56 Å². The van der Waals surface area contributed by atoms with Crippen molar-refractivity contribution in [2.24, 2.45) is 0 Å². The van der Waals surface area contributed by atoms with Crippen LogP contribution in [0.15, 0.2) is 30.3 Å². The summed E-state index contributed by atoms with van der Waals surface area (Å²) < 4.78 is 4.65. The number of methoxy groups -OCH3 is 1. The van der Waals surface area contributed by atoms with Gasteiger partial charge in [0.25, 0.3) is 5.60 Å². The van der Waals surface area contributed by atoms with Crippen molar-refractivity contribution < 1.29 is 24.5 Å². The van der Waals surface area contributed by atoms with Crippen LogP contribution in [0.4, 0.5) is 0 Å². The first-order valence-electron chi connectivity index (χ1n) is 4.13. The van der Waals surface area contributed by atoms with Crippen LogP contribution >= 0.6 is 0 Å². The van der Waals surface area contributed by atoms with Crippen molar-refractivity contribution in [2.75, 3.05) is 7.11 Å². The molecule has 0 aliphatic rings. The molecule has 0 atom stereocenters. The van der Waals surface area contributed by atoms with Gasteiger partial charge in [-0.15, -0.1) is 0 Å². The van der Waals surface area contributed by atoms with Crippen molar-refractivity contribution in [1.82, 2.24) is 0 Å². The molecule has 0 saturated heterocycles. The number of carbonyl (C=O) groups is 2. The van der Waals surface area contributed by atoms with Crippen LogP contribution in [0, 0.1) is 0 Å². The lowest BCUT2D eigenvalue weighted by Crippen LogP contribution is -2.45. The summed E-state index contributed by atoms with van der Waals surface area (Å²) in [6.07, 6.45) is 0. The second-order valence-corrected chi connectivity index (χ2v) is 2.86. The minimum Gasteiger partial charge on any atom is -0.478 e. The molecule has 0 heterocycles. The standard InChI is InChI=1S/C10H10O5/c1-15-10(8(11)12,9(13)14)7-5-3-2-4-6-7/h2-6H,1H3,(H,11,12)(H,13,14). The maximum Gasteiger partial charge on any atom is 0.352 e. The van der Waals surface area contributed by atoms with E-state index in [2.05, 4.69) is 4.74 Å². The topological polar surface area (TPSA) is 83.8 Å². The molecule has 0 saturated carbocycles. The van der Waals surface area contributed by atoms with Crippen molar-refractivity contribution in [3.63, 3.8) is 0 Å². The molecule has 0 aliphatic heterocycles. The van der Waals surface area contributed by atoms with E-state index in [1.54, 1.807) is 18.2 Å². The van der Waals surface area contributed by atoms with Gasteiger partial charge in [-0.1, -0.05) is 30.3 Å². The normalized spacial score (nSPS) is 11.0. The van der Waals surface area contributed by atoms with Gasteiger partial charge >= 0.3 is 11.9 Å². The van der Waals surface area contributed by atoms with Crippen LogP contribution in [0.3, 0.4) is 0 Å². The number of benzene rings is 1. The van der Waals surface area contributed by atoms with Gasteiger partial charge in [0.15, 0.2) is 0 Å². The molecule has 0 unspecified atom stereocenters. The average molecular weight is 210 g/mol. The summed E-state index contributed by atoms with van der Waals surface area (Å²) in [5.74, 6) is -3.10. The highest BCUT2D eigenvalue weighted by molar-refractivity contribution is 6.02. The molecule has 0 spiro atoms. The van der Waals surface area contributed by atoms with Crippen molar-refractivity contribution in [3.8, 4) is 0 Å². The van der Waals surface area contributed by atoms with Gasteiger partial charge in [0.2, 0.25) is 0 Å². The predicted octanol–water partition coefficient (Wildman–Crippen LogP) is 0.697. The fourth-order valence-electron chi connectivity index (χ4n) is 1.30. The van der Waals surface area contributed by atoms with E-state index in [1.165, 1.54) is 12.1 Å². The first-order valence-corrected chi connectivity index (χ1v) is 4.13. The van der Waals surface area contributed by atoms with Crippen molar-refractivity contribution in [3.05, 3.63) is 35.9 Å². The first kappa shape index (κ1) is 11.2. The van der Waals surface area contributed by atoms with Crippen LogP contribution in [0.2, 0.25) is 0 Å². The second kappa shape index (κ2) is 4.10. The zero-order valence-electron chi connectivity index (χ0n) is 8.01. The lowest BCUT2D eigenvalue weighted by molar-refractivity contribution is -0.181. The third-order valence-corrected chi connectivity index (χ3v) is 2.09. The second-order valence-electron chi connectivity index (χ2n) is 2.86. The smallest absolute Gasteiger partial charge is 0.352 e. The first-order chi connectivity index (χ1) is 7.05. The summed E-state index contributed by atoms with van der Waals surface area (Å²) in [6, 6.07) is 7.55. The Morgan fingerprint density at radius 3 is 1.93 bits per heavy atom. The summed E-state index contributed by atoms with van der Waals surface area (Å²) in [7, 11) is 1.05. The Hall–Kier alpha value is -1.88. The predicted molar refractivity (Wildman–Crippen MR) is 50.4 cm³/mol. The van der Waals surface area contributed by atoms with E-state index in [0.717, 1.165) is 7.11 Å². The fourth-order valence-corrected chi connectivity index (χ4v) is 1.30.